The highest BCUT2D eigenvalue weighted by molar-refractivity contribution is 7.99. The molecule has 7 heteroatoms. The van der Waals surface area contributed by atoms with Crippen LogP contribution in [0.5, 0.6) is 0 Å². The summed E-state index contributed by atoms with van der Waals surface area (Å²) in [6.07, 6.45) is 0. The summed E-state index contributed by atoms with van der Waals surface area (Å²) in [4.78, 5) is 18.3. The summed E-state index contributed by atoms with van der Waals surface area (Å²) in [6.45, 7) is 2.97. The van der Waals surface area contributed by atoms with Gasteiger partial charge in [0.25, 0.3) is 5.76 Å². The standard InChI is InChI=1S/C8H8F2N2O2S/c1-3-5(7(13)14)6(15-8(9)10)12-4(2)11-3/h8H,1-2H3,(H,13,14). The number of carbonyl (C=O) groups is 1. The Morgan fingerprint density at radius 3 is 2.47 bits per heavy atom. The molecule has 0 aromatic carbocycles. The average Bonchev–Trinajstić information content (AvgIpc) is 1.99. The zero-order valence-electron chi connectivity index (χ0n) is 7.99. The molecule has 0 saturated carbocycles. The lowest BCUT2D eigenvalue weighted by Crippen LogP contribution is -2.08. The highest BCUT2D eigenvalue weighted by atomic mass is 32.2. The van der Waals surface area contributed by atoms with Gasteiger partial charge in [0.2, 0.25) is 0 Å². The topological polar surface area (TPSA) is 63.1 Å². The Labute approximate surface area is 88.7 Å². The second-order valence-electron chi connectivity index (χ2n) is 2.72. The number of nitrogens with zero attached hydrogens (tertiary/aromatic N) is 2. The molecule has 0 aliphatic carbocycles. The first kappa shape index (κ1) is 11.8. The monoisotopic (exact) mass is 234 g/mol. The highest BCUT2D eigenvalue weighted by Gasteiger charge is 2.20. The zero-order chi connectivity index (χ0) is 11.6. The lowest BCUT2D eigenvalue weighted by Gasteiger charge is -2.07. The van der Waals surface area contributed by atoms with Crippen molar-refractivity contribution in [3.63, 3.8) is 0 Å². The summed E-state index contributed by atoms with van der Waals surface area (Å²) < 4.78 is 24.3. The Kier molecular flexibility index (Phi) is 3.57. The number of rotatable bonds is 3. The molecule has 1 heterocycles. The zero-order valence-corrected chi connectivity index (χ0v) is 8.81. The number of aromatic carboxylic acids is 1. The van der Waals surface area contributed by atoms with Gasteiger partial charge in [0.05, 0.1) is 5.69 Å². The van der Waals surface area contributed by atoms with Gasteiger partial charge < -0.3 is 5.11 Å². The summed E-state index contributed by atoms with van der Waals surface area (Å²) in [5, 5.41) is 8.62. The van der Waals surface area contributed by atoms with E-state index in [9.17, 15) is 13.6 Å². The first-order chi connectivity index (χ1) is 6.91. The second kappa shape index (κ2) is 4.52. The van der Waals surface area contributed by atoms with Crippen molar-refractivity contribution in [2.75, 3.05) is 0 Å². The van der Waals surface area contributed by atoms with Crippen molar-refractivity contribution in [1.29, 1.82) is 0 Å². The van der Waals surface area contributed by atoms with Crippen LogP contribution < -0.4 is 0 Å². The maximum absolute atomic E-state index is 12.1. The minimum Gasteiger partial charge on any atom is -0.478 e. The maximum atomic E-state index is 12.1. The third-order valence-electron chi connectivity index (χ3n) is 1.58. The van der Waals surface area contributed by atoms with Gasteiger partial charge in [0.15, 0.2) is 0 Å². The molecule has 1 aromatic heterocycles. The SMILES string of the molecule is Cc1nc(C)c(C(=O)O)c(SC(F)F)n1. The van der Waals surface area contributed by atoms with Crippen LogP contribution in [0.3, 0.4) is 0 Å². The van der Waals surface area contributed by atoms with E-state index >= 15 is 0 Å². The van der Waals surface area contributed by atoms with Crippen molar-refractivity contribution in [2.24, 2.45) is 0 Å². The lowest BCUT2D eigenvalue weighted by atomic mass is 10.2. The number of carboxylic acid groups (broad SMARTS) is 1. The van der Waals surface area contributed by atoms with Crippen LogP contribution in [-0.4, -0.2) is 26.8 Å². The van der Waals surface area contributed by atoms with Crippen molar-refractivity contribution < 1.29 is 18.7 Å². The van der Waals surface area contributed by atoms with E-state index in [1.54, 1.807) is 0 Å². The predicted molar refractivity (Wildman–Crippen MR) is 50.3 cm³/mol. The van der Waals surface area contributed by atoms with Crippen LogP contribution in [0.1, 0.15) is 21.9 Å². The molecule has 0 fully saturated rings. The smallest absolute Gasteiger partial charge is 0.340 e. The number of thioether (sulfide) groups is 1. The molecule has 1 aromatic rings. The largest absolute Gasteiger partial charge is 0.478 e. The number of aromatic nitrogens is 2. The van der Waals surface area contributed by atoms with E-state index in [1.165, 1.54) is 13.8 Å². The molecular weight excluding hydrogens is 226 g/mol. The van der Waals surface area contributed by atoms with Gasteiger partial charge in [-0.3, -0.25) is 0 Å². The molecular formula is C8H8F2N2O2S. The molecule has 0 amide bonds. The van der Waals surface area contributed by atoms with Crippen molar-refractivity contribution in [3.05, 3.63) is 17.1 Å². The Morgan fingerprint density at radius 2 is 2.00 bits per heavy atom. The number of halogens is 2. The summed E-state index contributed by atoms with van der Waals surface area (Å²) in [6, 6.07) is 0. The van der Waals surface area contributed by atoms with Gasteiger partial charge in [0, 0.05) is 0 Å². The first-order valence-electron chi connectivity index (χ1n) is 3.95. The van der Waals surface area contributed by atoms with E-state index in [4.69, 9.17) is 5.11 Å². The summed E-state index contributed by atoms with van der Waals surface area (Å²) >= 11 is 0.116. The fourth-order valence-corrected chi connectivity index (χ4v) is 1.80. The number of hydrogen-bond donors (Lipinski definition) is 1. The van der Waals surface area contributed by atoms with Crippen LogP contribution in [0, 0.1) is 13.8 Å². The average molecular weight is 234 g/mol. The van der Waals surface area contributed by atoms with Gasteiger partial charge in [0.1, 0.15) is 16.4 Å². The summed E-state index contributed by atoms with van der Waals surface area (Å²) in [5.74, 6) is -3.71. The molecule has 0 bridgehead atoms. The molecule has 1 rings (SSSR count). The van der Waals surface area contributed by atoms with E-state index < -0.39 is 11.7 Å². The van der Waals surface area contributed by atoms with Crippen molar-refractivity contribution in [2.45, 2.75) is 24.6 Å². The number of carboxylic acids is 1. The third-order valence-corrected chi connectivity index (χ3v) is 2.28. The molecule has 0 radical (unpaired) electrons. The fraction of sp³-hybridized carbons (Fsp3) is 0.375. The molecule has 15 heavy (non-hydrogen) atoms. The van der Waals surface area contributed by atoms with Gasteiger partial charge >= 0.3 is 5.97 Å². The van der Waals surface area contributed by atoms with Gasteiger partial charge in [-0.25, -0.2) is 14.8 Å². The molecule has 0 unspecified atom stereocenters. The lowest BCUT2D eigenvalue weighted by molar-refractivity contribution is 0.0690. The molecule has 0 atom stereocenters. The quantitative estimate of drug-likeness (QED) is 0.641. The Bertz CT molecular complexity index is 398. The number of alkyl halides is 2. The maximum Gasteiger partial charge on any atom is 0.340 e. The normalized spacial score (nSPS) is 10.7. The van der Waals surface area contributed by atoms with Crippen molar-refractivity contribution in [1.82, 2.24) is 9.97 Å². The van der Waals surface area contributed by atoms with Gasteiger partial charge in [-0.2, -0.15) is 8.78 Å². The van der Waals surface area contributed by atoms with Crippen LogP contribution >= 0.6 is 11.8 Å². The number of aryl methyl sites for hydroxylation is 2. The predicted octanol–water partition coefficient (Wildman–Crippen LogP) is 2.11. The van der Waals surface area contributed by atoms with Crippen LogP contribution in [0.15, 0.2) is 5.03 Å². The second-order valence-corrected chi connectivity index (χ2v) is 3.70. The molecule has 0 aliphatic rings. The van der Waals surface area contributed by atoms with Gasteiger partial charge in [-0.05, 0) is 25.6 Å². The van der Waals surface area contributed by atoms with Crippen molar-refractivity contribution in [3.8, 4) is 0 Å². The van der Waals surface area contributed by atoms with E-state index in [0.717, 1.165) is 0 Å². The van der Waals surface area contributed by atoms with E-state index in [1.807, 2.05) is 0 Å². The van der Waals surface area contributed by atoms with Crippen LogP contribution in [0.25, 0.3) is 0 Å². The fourth-order valence-electron chi connectivity index (χ4n) is 1.10. The number of hydrogen-bond acceptors (Lipinski definition) is 4. The van der Waals surface area contributed by atoms with E-state index in [2.05, 4.69) is 9.97 Å². The van der Waals surface area contributed by atoms with Crippen LogP contribution in [0.4, 0.5) is 8.78 Å². The summed E-state index contributed by atoms with van der Waals surface area (Å²) in [7, 11) is 0. The van der Waals surface area contributed by atoms with Crippen LogP contribution in [-0.2, 0) is 0 Å². The molecule has 4 nitrogen and oxygen atoms in total. The van der Waals surface area contributed by atoms with Gasteiger partial charge in [-0.1, -0.05) is 0 Å². The van der Waals surface area contributed by atoms with Crippen molar-refractivity contribution >= 4 is 17.7 Å². The molecule has 0 saturated heterocycles. The minimum absolute atomic E-state index is 0.116. The molecule has 1 N–H and O–H groups in total. The minimum atomic E-state index is -2.70. The van der Waals surface area contributed by atoms with E-state index in [0.29, 0.717) is 0 Å². The Hall–Kier alpha value is -1.24. The molecule has 0 aliphatic heterocycles. The Morgan fingerprint density at radius 1 is 1.40 bits per heavy atom. The highest BCUT2D eigenvalue weighted by Crippen LogP contribution is 2.27. The van der Waals surface area contributed by atoms with Gasteiger partial charge in [-0.15, -0.1) is 0 Å². The third kappa shape index (κ3) is 2.85. The molecule has 82 valence electrons. The molecule has 0 spiro atoms. The van der Waals surface area contributed by atoms with E-state index in [-0.39, 0.29) is 33.9 Å². The first-order valence-corrected chi connectivity index (χ1v) is 4.83. The Balaban J connectivity index is 3.27. The summed E-state index contributed by atoms with van der Waals surface area (Å²) in [5.41, 5.74) is -0.0657. The van der Waals surface area contributed by atoms with Crippen LogP contribution in [0.2, 0.25) is 0 Å².